The number of fused-ring (bicyclic) bond motifs is 1. The molecule has 5 heteroatoms. The van der Waals surface area contributed by atoms with Crippen LogP contribution >= 0.6 is 15.9 Å². The molecule has 0 radical (unpaired) electrons. The first-order valence-electron chi connectivity index (χ1n) is 12.7. The summed E-state index contributed by atoms with van der Waals surface area (Å²) in [7, 11) is -2.92. The summed E-state index contributed by atoms with van der Waals surface area (Å²) >= 11 is 3.95. The molecule has 186 valence electrons. The Labute approximate surface area is 223 Å². The summed E-state index contributed by atoms with van der Waals surface area (Å²) in [6.07, 6.45) is 17.7. The molecular formula is C31H32BrNO2S. The van der Waals surface area contributed by atoms with Gasteiger partial charge < -0.3 is 0 Å². The second kappa shape index (κ2) is 10.5. The van der Waals surface area contributed by atoms with Crippen molar-refractivity contribution < 1.29 is 8.42 Å². The average Bonchev–Trinajstić information content (AvgIpc) is 3.20. The van der Waals surface area contributed by atoms with Crippen LogP contribution in [0.25, 0.3) is 5.57 Å². The molecule has 4 aliphatic rings. The van der Waals surface area contributed by atoms with Gasteiger partial charge in [0.1, 0.15) is 9.84 Å². The van der Waals surface area contributed by atoms with Crippen molar-refractivity contribution in [3.8, 4) is 0 Å². The van der Waals surface area contributed by atoms with Gasteiger partial charge in [0, 0.05) is 16.3 Å². The van der Waals surface area contributed by atoms with Crippen molar-refractivity contribution in [3.05, 3.63) is 110 Å². The molecule has 0 amide bonds. The Hall–Kier alpha value is -2.50. The lowest BCUT2D eigenvalue weighted by Gasteiger charge is -2.26. The molecule has 2 aliphatic heterocycles. The highest BCUT2D eigenvalue weighted by molar-refractivity contribution is 9.12. The number of halogens is 1. The highest BCUT2D eigenvalue weighted by atomic mass is 79.9. The number of nitrogens with zero attached hydrogens (tertiary/aromatic N) is 1. The van der Waals surface area contributed by atoms with Gasteiger partial charge in [-0.2, -0.15) is 0 Å². The molecular weight excluding hydrogens is 530 g/mol. The van der Waals surface area contributed by atoms with Crippen molar-refractivity contribution in [2.24, 2.45) is 16.8 Å². The lowest BCUT2D eigenvalue weighted by molar-refractivity contribution is 0.523. The normalized spacial score (nSPS) is 22.4. The van der Waals surface area contributed by atoms with Crippen LogP contribution in [0.1, 0.15) is 38.7 Å². The van der Waals surface area contributed by atoms with E-state index in [1.807, 2.05) is 12.3 Å². The highest BCUT2D eigenvalue weighted by Crippen LogP contribution is 2.42. The lowest BCUT2D eigenvalue weighted by atomic mass is 9.87. The molecule has 5 rings (SSSR count). The fourth-order valence-corrected chi connectivity index (χ4v) is 7.82. The third kappa shape index (κ3) is 5.28. The van der Waals surface area contributed by atoms with E-state index in [4.69, 9.17) is 4.99 Å². The van der Waals surface area contributed by atoms with Crippen molar-refractivity contribution >= 4 is 37.6 Å². The molecule has 2 heterocycles. The van der Waals surface area contributed by atoms with E-state index in [1.165, 1.54) is 33.4 Å². The predicted molar refractivity (Wildman–Crippen MR) is 155 cm³/mol. The van der Waals surface area contributed by atoms with E-state index in [-0.39, 0.29) is 17.4 Å². The van der Waals surface area contributed by atoms with E-state index < -0.39 is 9.84 Å². The zero-order valence-electron chi connectivity index (χ0n) is 20.9. The molecule has 1 aromatic carbocycles. The number of hydrogen-bond donors (Lipinski definition) is 0. The van der Waals surface area contributed by atoms with E-state index in [9.17, 15) is 8.42 Å². The topological polar surface area (TPSA) is 46.5 Å². The first-order chi connectivity index (χ1) is 17.3. The minimum absolute atomic E-state index is 0.222. The zero-order chi connectivity index (χ0) is 25.3. The summed E-state index contributed by atoms with van der Waals surface area (Å²) in [5.74, 6) is 1.09. The van der Waals surface area contributed by atoms with Gasteiger partial charge in [0.2, 0.25) is 0 Å². The third-order valence-electron chi connectivity index (χ3n) is 7.43. The summed E-state index contributed by atoms with van der Waals surface area (Å²) in [5.41, 5.74) is 9.72. The van der Waals surface area contributed by atoms with Crippen LogP contribution in [0.2, 0.25) is 0 Å². The SMILES string of the molecule is CC(C)C1=C(Br)C(C2CCS(=O)(=O)CC2)=CC2=C(C3=CC=C(c4ccccc4)CC=C3)C=NCC2=C1. The van der Waals surface area contributed by atoms with Gasteiger partial charge in [0.25, 0.3) is 0 Å². The number of sulfone groups is 1. The van der Waals surface area contributed by atoms with Gasteiger partial charge >= 0.3 is 0 Å². The largest absolute Gasteiger partial charge is 0.288 e. The van der Waals surface area contributed by atoms with E-state index in [2.05, 4.69) is 90.5 Å². The maximum atomic E-state index is 12.1. The average molecular weight is 563 g/mol. The molecule has 1 saturated heterocycles. The highest BCUT2D eigenvalue weighted by Gasteiger charge is 2.30. The summed E-state index contributed by atoms with van der Waals surface area (Å²) in [6.45, 7) is 5.08. The molecule has 1 fully saturated rings. The first kappa shape index (κ1) is 25.2. The second-order valence-corrected chi connectivity index (χ2v) is 13.3. The van der Waals surface area contributed by atoms with Gasteiger partial charge in [-0.3, -0.25) is 4.99 Å². The Morgan fingerprint density at radius 1 is 0.972 bits per heavy atom. The van der Waals surface area contributed by atoms with Gasteiger partial charge in [-0.25, -0.2) is 8.42 Å². The van der Waals surface area contributed by atoms with Gasteiger partial charge in [-0.15, -0.1) is 0 Å². The van der Waals surface area contributed by atoms with Crippen LogP contribution < -0.4 is 0 Å². The van der Waals surface area contributed by atoms with Crippen LogP contribution in [-0.2, 0) is 9.84 Å². The van der Waals surface area contributed by atoms with E-state index in [0.717, 1.165) is 22.0 Å². The molecule has 0 aromatic heterocycles. The molecule has 0 bridgehead atoms. The third-order valence-corrected chi connectivity index (χ3v) is 10.1. The molecule has 36 heavy (non-hydrogen) atoms. The number of aliphatic imine (C=N–C) groups is 1. The Balaban J connectivity index is 1.61. The van der Waals surface area contributed by atoms with Crippen molar-refractivity contribution in [1.29, 1.82) is 0 Å². The number of rotatable bonds is 4. The fourth-order valence-electron chi connectivity index (χ4n) is 5.31. The zero-order valence-corrected chi connectivity index (χ0v) is 23.3. The summed E-state index contributed by atoms with van der Waals surface area (Å²) in [5, 5.41) is 0. The molecule has 0 spiro atoms. The van der Waals surface area contributed by atoms with Crippen molar-refractivity contribution in [3.63, 3.8) is 0 Å². The number of hydrogen-bond acceptors (Lipinski definition) is 3. The number of allylic oxidation sites excluding steroid dienone is 12. The van der Waals surface area contributed by atoms with E-state index in [1.54, 1.807) is 0 Å². The monoisotopic (exact) mass is 561 g/mol. The number of dihydropyridines is 1. The summed E-state index contributed by atoms with van der Waals surface area (Å²) < 4.78 is 25.4. The number of benzene rings is 1. The predicted octanol–water partition coefficient (Wildman–Crippen LogP) is 7.33. The van der Waals surface area contributed by atoms with Crippen LogP contribution in [0.4, 0.5) is 0 Å². The van der Waals surface area contributed by atoms with Gasteiger partial charge in [-0.05, 0) is 76.2 Å². The summed E-state index contributed by atoms with van der Waals surface area (Å²) in [4.78, 5) is 4.75. The molecule has 0 atom stereocenters. The first-order valence-corrected chi connectivity index (χ1v) is 15.3. The van der Waals surface area contributed by atoms with E-state index in [0.29, 0.717) is 25.3 Å². The second-order valence-electron chi connectivity index (χ2n) is 10.2. The lowest BCUT2D eigenvalue weighted by Crippen LogP contribution is -2.24. The van der Waals surface area contributed by atoms with Crippen LogP contribution in [-0.4, -0.2) is 32.7 Å². The summed E-state index contributed by atoms with van der Waals surface area (Å²) in [6, 6.07) is 10.5. The molecule has 0 unspecified atom stereocenters. The van der Waals surface area contributed by atoms with Gasteiger partial charge in [-0.1, -0.05) is 90.5 Å². The Kier molecular flexibility index (Phi) is 7.32. The van der Waals surface area contributed by atoms with Gasteiger partial charge in [0.05, 0.1) is 18.1 Å². The minimum Gasteiger partial charge on any atom is -0.288 e. The standard InChI is InChI=1S/C31H32BrNO2S/c1-21(2)27-17-26-19-33-20-30(24-10-6-9-23(11-12-24)22-7-4-3-5-8-22)28(26)18-29(31(27)32)25-13-15-36(34,35)16-14-25/h3-8,10-12,17-18,20-21,25H,9,13-16,19H2,1-2H3. The molecule has 1 aromatic rings. The van der Waals surface area contributed by atoms with E-state index >= 15 is 0 Å². The quantitative estimate of drug-likeness (QED) is 0.386. The molecule has 0 N–H and O–H groups in total. The van der Waals surface area contributed by atoms with Crippen molar-refractivity contribution in [1.82, 2.24) is 0 Å². The molecule has 3 nitrogen and oxygen atoms in total. The molecule has 2 aliphatic carbocycles. The fraction of sp³-hybridized carbons (Fsp3) is 0.323. The van der Waals surface area contributed by atoms with Crippen molar-refractivity contribution in [2.75, 3.05) is 18.1 Å². The van der Waals surface area contributed by atoms with Gasteiger partial charge in [0.15, 0.2) is 0 Å². The minimum atomic E-state index is -2.92. The van der Waals surface area contributed by atoms with Crippen LogP contribution in [0, 0.1) is 11.8 Å². The maximum absolute atomic E-state index is 12.1. The van der Waals surface area contributed by atoms with Crippen LogP contribution in [0.5, 0.6) is 0 Å². The Morgan fingerprint density at radius 2 is 1.72 bits per heavy atom. The Bertz CT molecular complexity index is 1400. The van der Waals surface area contributed by atoms with Crippen LogP contribution in [0.15, 0.2) is 110 Å². The molecule has 0 saturated carbocycles. The van der Waals surface area contributed by atoms with Crippen LogP contribution in [0.3, 0.4) is 0 Å². The Morgan fingerprint density at radius 3 is 2.44 bits per heavy atom. The van der Waals surface area contributed by atoms with Crippen molar-refractivity contribution in [2.45, 2.75) is 33.1 Å². The maximum Gasteiger partial charge on any atom is 0.150 e. The smallest absolute Gasteiger partial charge is 0.150 e.